The number of hydrogen-bond acceptors (Lipinski definition) is 6. The molecule has 2 heterocycles. The number of rotatable bonds is 12. The lowest BCUT2D eigenvalue weighted by atomic mass is 9.97. The van der Waals surface area contributed by atoms with E-state index in [0.29, 0.717) is 24.0 Å². The van der Waals surface area contributed by atoms with Gasteiger partial charge in [-0.05, 0) is 120 Å². The van der Waals surface area contributed by atoms with Crippen molar-refractivity contribution in [3.05, 3.63) is 47.3 Å². The molecule has 2 fully saturated rings. The van der Waals surface area contributed by atoms with E-state index in [9.17, 15) is 9.59 Å². The maximum atomic E-state index is 13.0. The number of piperidine rings is 1. The molecule has 1 saturated heterocycles. The summed E-state index contributed by atoms with van der Waals surface area (Å²) in [5, 5.41) is 3.49. The van der Waals surface area contributed by atoms with Gasteiger partial charge in [-0.15, -0.1) is 0 Å². The molecule has 1 atom stereocenters. The quantitative estimate of drug-likeness (QED) is 0.154. The molecule has 1 aromatic heterocycles. The van der Waals surface area contributed by atoms with Crippen molar-refractivity contribution in [2.75, 3.05) is 20.1 Å². The summed E-state index contributed by atoms with van der Waals surface area (Å²) in [6.45, 7) is 11.8. The van der Waals surface area contributed by atoms with Gasteiger partial charge in [-0.3, -0.25) is 9.59 Å². The van der Waals surface area contributed by atoms with Crippen molar-refractivity contribution in [1.82, 2.24) is 19.8 Å². The number of fused-ring (bicyclic) bond motifs is 1. The Labute approximate surface area is 240 Å². The molecule has 1 saturated carbocycles. The van der Waals surface area contributed by atoms with Crippen LogP contribution < -0.4 is 5.32 Å². The summed E-state index contributed by atoms with van der Waals surface area (Å²) in [5.74, 6) is 1.75. The lowest BCUT2D eigenvalue weighted by molar-refractivity contribution is -0.151. The molecular formula is C33H48N4O3. The molecule has 0 radical (unpaired) electrons. The fraction of sp³-hybridized carbons (Fsp3) is 0.606. The van der Waals surface area contributed by atoms with E-state index in [-0.39, 0.29) is 18.1 Å². The summed E-state index contributed by atoms with van der Waals surface area (Å²) in [7, 11) is 2.19. The van der Waals surface area contributed by atoms with Crippen LogP contribution in [0.1, 0.15) is 84.0 Å². The molecule has 0 amide bonds. The molecule has 2 aliphatic rings. The summed E-state index contributed by atoms with van der Waals surface area (Å²) in [5.41, 5.74) is 4.77. The first kappa shape index (κ1) is 30.2. The molecule has 7 nitrogen and oxygen atoms in total. The first-order chi connectivity index (χ1) is 19.3. The van der Waals surface area contributed by atoms with Crippen molar-refractivity contribution in [3.63, 3.8) is 0 Å². The Morgan fingerprint density at radius 2 is 1.90 bits per heavy atom. The number of aromatic nitrogens is 2. The van der Waals surface area contributed by atoms with Crippen LogP contribution in [-0.2, 0) is 27.4 Å². The molecule has 0 spiro atoms. The fourth-order valence-electron chi connectivity index (χ4n) is 5.98. The van der Waals surface area contributed by atoms with E-state index in [1.807, 2.05) is 26.0 Å². The first-order valence-electron chi connectivity index (χ1n) is 15.2. The predicted molar refractivity (Wildman–Crippen MR) is 162 cm³/mol. The first-order valence-corrected chi connectivity index (χ1v) is 15.2. The van der Waals surface area contributed by atoms with Crippen molar-refractivity contribution in [3.8, 4) is 0 Å². The molecule has 1 unspecified atom stereocenters. The minimum absolute atomic E-state index is 0.0741. The fourth-order valence-corrected chi connectivity index (χ4v) is 5.98. The van der Waals surface area contributed by atoms with E-state index in [1.54, 1.807) is 0 Å². The van der Waals surface area contributed by atoms with Crippen LogP contribution in [0, 0.1) is 11.8 Å². The lowest BCUT2D eigenvalue weighted by Gasteiger charge is -2.29. The van der Waals surface area contributed by atoms with Crippen LogP contribution in [-0.4, -0.2) is 59.0 Å². The number of esters is 1. The number of ether oxygens (including phenoxy) is 1. The van der Waals surface area contributed by atoms with Gasteiger partial charge in [0.25, 0.3) is 0 Å². The highest BCUT2D eigenvalue weighted by atomic mass is 16.5. The summed E-state index contributed by atoms with van der Waals surface area (Å²) in [6.07, 6.45) is 12.3. The van der Waals surface area contributed by atoms with E-state index in [2.05, 4.69) is 53.9 Å². The summed E-state index contributed by atoms with van der Waals surface area (Å²) in [6, 6.07) is 6.12. The van der Waals surface area contributed by atoms with Gasteiger partial charge >= 0.3 is 5.97 Å². The number of nitrogens with one attached hydrogen (secondary N) is 1. The molecule has 4 rings (SSSR count). The lowest BCUT2D eigenvalue weighted by Crippen LogP contribution is -2.40. The van der Waals surface area contributed by atoms with Crippen LogP contribution >= 0.6 is 0 Å². The van der Waals surface area contributed by atoms with Crippen LogP contribution in [0.15, 0.2) is 35.9 Å². The zero-order chi connectivity index (χ0) is 28.6. The number of imidazole rings is 1. The molecule has 1 N–H and O–H groups in total. The standard InChI is InChI=1S/C33H48N4O3/c1-6-27(18-24(4)22-38)32-35-29-19-26(11-12-31(29)37(32)21-25-13-15-36(5)16-14-25)20-34-30(17-23(2)3)33(39)40-28-9-7-8-10-28/h6,11-12,18-19,22-23,25,28,30,34H,7-10,13-17,20-21H2,1-5H3/b24-18-,27-6+. The Bertz CT molecular complexity index is 1210. The van der Waals surface area contributed by atoms with Gasteiger partial charge in [0.15, 0.2) is 0 Å². The molecule has 0 bridgehead atoms. The summed E-state index contributed by atoms with van der Waals surface area (Å²) in [4.78, 5) is 31.9. The molecule has 1 aromatic carbocycles. The molecule has 1 aliphatic carbocycles. The maximum Gasteiger partial charge on any atom is 0.323 e. The minimum Gasteiger partial charge on any atom is -0.461 e. The second-order valence-electron chi connectivity index (χ2n) is 12.3. The van der Waals surface area contributed by atoms with Gasteiger partial charge in [0.1, 0.15) is 24.3 Å². The molecule has 7 heteroatoms. The van der Waals surface area contributed by atoms with Crippen molar-refractivity contribution < 1.29 is 14.3 Å². The Kier molecular flexibility index (Phi) is 10.7. The highest BCUT2D eigenvalue weighted by molar-refractivity contribution is 5.86. The Hall–Kier alpha value is -2.77. The van der Waals surface area contributed by atoms with Gasteiger partial charge in [-0.25, -0.2) is 4.98 Å². The number of carbonyl (C=O) groups is 2. The largest absolute Gasteiger partial charge is 0.461 e. The van der Waals surface area contributed by atoms with Gasteiger partial charge < -0.3 is 19.5 Å². The van der Waals surface area contributed by atoms with Crippen LogP contribution in [0.4, 0.5) is 0 Å². The number of benzene rings is 1. The second-order valence-corrected chi connectivity index (χ2v) is 12.3. The predicted octanol–water partition coefficient (Wildman–Crippen LogP) is 5.92. The second kappa shape index (κ2) is 14.2. The number of likely N-dealkylation sites (tertiary alicyclic amines) is 1. The number of allylic oxidation sites excluding steroid dienone is 4. The van der Waals surface area contributed by atoms with Gasteiger partial charge in [-0.2, -0.15) is 0 Å². The highest BCUT2D eigenvalue weighted by Crippen LogP contribution is 2.28. The SMILES string of the molecule is C/C=C(\C=C(\C)C=O)c1nc2cc(CNC(CC(C)C)C(=O)OC3CCCC3)ccc2n1CC1CCN(C)CC1. The van der Waals surface area contributed by atoms with Gasteiger partial charge in [-0.1, -0.05) is 26.0 Å². The maximum absolute atomic E-state index is 13.0. The van der Waals surface area contributed by atoms with E-state index in [1.165, 1.54) is 12.8 Å². The van der Waals surface area contributed by atoms with Crippen molar-refractivity contribution in [2.24, 2.45) is 11.8 Å². The average Bonchev–Trinajstić information content (AvgIpc) is 3.58. The monoisotopic (exact) mass is 548 g/mol. The third-order valence-corrected chi connectivity index (χ3v) is 8.36. The van der Waals surface area contributed by atoms with E-state index < -0.39 is 0 Å². The smallest absolute Gasteiger partial charge is 0.323 e. The number of carbonyl (C=O) groups excluding carboxylic acids is 2. The van der Waals surface area contributed by atoms with Crippen molar-refractivity contribution in [1.29, 1.82) is 0 Å². The van der Waals surface area contributed by atoms with Gasteiger partial charge in [0.05, 0.1) is 11.0 Å². The summed E-state index contributed by atoms with van der Waals surface area (Å²) >= 11 is 0. The molecular weight excluding hydrogens is 500 g/mol. The number of nitrogens with zero attached hydrogens (tertiary/aromatic N) is 3. The third kappa shape index (κ3) is 7.91. The molecule has 218 valence electrons. The molecule has 1 aliphatic heterocycles. The minimum atomic E-state index is -0.320. The van der Waals surface area contributed by atoms with Gasteiger partial charge in [0, 0.05) is 18.7 Å². The number of hydrogen-bond donors (Lipinski definition) is 1. The molecule has 40 heavy (non-hydrogen) atoms. The molecule has 2 aromatic rings. The Morgan fingerprint density at radius 1 is 1.18 bits per heavy atom. The van der Waals surface area contributed by atoms with Crippen LogP contribution in [0.25, 0.3) is 16.6 Å². The topological polar surface area (TPSA) is 76.5 Å². The highest BCUT2D eigenvalue weighted by Gasteiger charge is 2.26. The van der Waals surface area contributed by atoms with Crippen LogP contribution in [0.5, 0.6) is 0 Å². The summed E-state index contributed by atoms with van der Waals surface area (Å²) < 4.78 is 8.19. The zero-order valence-electron chi connectivity index (χ0n) is 25.1. The van der Waals surface area contributed by atoms with Crippen molar-refractivity contribution >= 4 is 28.9 Å². The van der Waals surface area contributed by atoms with Crippen molar-refractivity contribution in [2.45, 2.75) is 97.9 Å². The Morgan fingerprint density at radius 3 is 2.55 bits per heavy atom. The third-order valence-electron chi connectivity index (χ3n) is 8.36. The number of aldehydes is 1. The van der Waals surface area contributed by atoms with E-state index in [0.717, 1.165) is 86.0 Å². The van der Waals surface area contributed by atoms with E-state index >= 15 is 0 Å². The van der Waals surface area contributed by atoms with Crippen LogP contribution in [0.3, 0.4) is 0 Å². The van der Waals surface area contributed by atoms with E-state index in [4.69, 9.17) is 9.72 Å². The average molecular weight is 549 g/mol. The normalized spacial score (nSPS) is 19.1. The van der Waals surface area contributed by atoms with Gasteiger partial charge in [0.2, 0.25) is 0 Å². The Balaban J connectivity index is 1.57. The zero-order valence-corrected chi connectivity index (χ0v) is 25.1. The van der Waals surface area contributed by atoms with Crippen LogP contribution in [0.2, 0.25) is 0 Å².